The molecule has 0 spiro atoms. The van der Waals surface area contributed by atoms with Gasteiger partial charge in [0.2, 0.25) is 0 Å². The fourth-order valence-electron chi connectivity index (χ4n) is 3.59. The third-order valence-electron chi connectivity index (χ3n) is 5.26. The molecule has 0 unspecified atom stereocenters. The van der Waals surface area contributed by atoms with Crippen molar-refractivity contribution in [3.63, 3.8) is 0 Å². The highest BCUT2D eigenvalue weighted by molar-refractivity contribution is 7.22. The smallest absolute Gasteiger partial charge is 0.333 e. The molecule has 0 bridgehead atoms. The number of aliphatic hydroxyl groups is 1. The monoisotopic (exact) mass is 499 g/mol. The quantitative estimate of drug-likeness (QED) is 0.366. The van der Waals surface area contributed by atoms with E-state index in [1.807, 2.05) is 6.07 Å². The molecule has 10 heteroatoms. The SMILES string of the molecule is COc1ccc(Cl)c(-c2cc3[nH]c(=O)n(-c4cncc5cc(C(C)(C)O)sc45)c(=O)c3s2)c1. The van der Waals surface area contributed by atoms with Crippen LogP contribution in [0.3, 0.4) is 0 Å². The molecule has 0 aliphatic carbocycles. The van der Waals surface area contributed by atoms with Gasteiger partial charge in [-0.1, -0.05) is 11.6 Å². The Labute approximate surface area is 200 Å². The van der Waals surface area contributed by atoms with Crippen LogP contribution in [-0.4, -0.2) is 26.8 Å². The molecule has 1 aromatic carbocycles. The second-order valence-electron chi connectivity index (χ2n) is 8.02. The second kappa shape index (κ2) is 7.81. The summed E-state index contributed by atoms with van der Waals surface area (Å²) in [5.74, 6) is 0.635. The van der Waals surface area contributed by atoms with Crippen molar-refractivity contribution in [2.75, 3.05) is 7.11 Å². The van der Waals surface area contributed by atoms with Crippen molar-refractivity contribution in [3.8, 4) is 21.9 Å². The molecule has 0 saturated carbocycles. The van der Waals surface area contributed by atoms with Crippen LogP contribution in [0.2, 0.25) is 5.02 Å². The number of rotatable bonds is 4. The van der Waals surface area contributed by atoms with Gasteiger partial charge in [-0.2, -0.15) is 0 Å². The third kappa shape index (κ3) is 3.67. The van der Waals surface area contributed by atoms with Crippen LogP contribution in [0, 0.1) is 0 Å². The van der Waals surface area contributed by atoms with E-state index in [4.69, 9.17) is 16.3 Å². The molecule has 0 fully saturated rings. The molecule has 5 rings (SSSR count). The number of ether oxygens (including phenoxy) is 1. The van der Waals surface area contributed by atoms with Crippen molar-refractivity contribution in [1.29, 1.82) is 0 Å². The molecule has 168 valence electrons. The summed E-state index contributed by atoms with van der Waals surface area (Å²) in [5.41, 5.74) is -0.557. The predicted octanol–water partition coefficient (Wildman–Crippen LogP) is 4.91. The molecule has 33 heavy (non-hydrogen) atoms. The molecule has 2 N–H and O–H groups in total. The minimum absolute atomic E-state index is 0.371. The Morgan fingerprint density at radius 1 is 1.12 bits per heavy atom. The lowest BCUT2D eigenvalue weighted by atomic mass is 10.1. The predicted molar refractivity (Wildman–Crippen MR) is 133 cm³/mol. The van der Waals surface area contributed by atoms with Gasteiger partial charge in [0.05, 0.1) is 34.8 Å². The Morgan fingerprint density at radius 2 is 1.91 bits per heavy atom. The third-order valence-corrected chi connectivity index (χ3v) is 8.23. The molecule has 0 atom stereocenters. The molecule has 7 nitrogen and oxygen atoms in total. The van der Waals surface area contributed by atoms with Gasteiger partial charge in [-0.15, -0.1) is 22.7 Å². The molecule has 0 radical (unpaired) electrons. The number of H-pyrrole nitrogens is 1. The van der Waals surface area contributed by atoms with Crippen molar-refractivity contribution < 1.29 is 9.84 Å². The number of pyridine rings is 1. The maximum atomic E-state index is 13.5. The summed E-state index contributed by atoms with van der Waals surface area (Å²) in [4.78, 5) is 34.9. The van der Waals surface area contributed by atoms with Crippen molar-refractivity contribution in [1.82, 2.24) is 14.5 Å². The van der Waals surface area contributed by atoms with E-state index in [0.29, 0.717) is 41.8 Å². The number of aromatic amines is 1. The number of fused-ring (bicyclic) bond motifs is 2. The van der Waals surface area contributed by atoms with Gasteiger partial charge in [-0.25, -0.2) is 9.36 Å². The highest BCUT2D eigenvalue weighted by Crippen LogP contribution is 2.38. The number of aromatic nitrogens is 3. The van der Waals surface area contributed by atoms with Crippen molar-refractivity contribution in [3.05, 3.63) is 73.5 Å². The Morgan fingerprint density at radius 3 is 2.64 bits per heavy atom. The lowest BCUT2D eigenvalue weighted by molar-refractivity contribution is 0.0826. The fraction of sp³-hybridized carbons (Fsp3) is 0.174. The lowest BCUT2D eigenvalue weighted by Crippen LogP contribution is -2.33. The Kier molecular flexibility index (Phi) is 5.17. The molecule has 0 saturated heterocycles. The number of hydrogen-bond donors (Lipinski definition) is 2. The minimum Gasteiger partial charge on any atom is -0.497 e. The van der Waals surface area contributed by atoms with Gasteiger partial charge in [-0.05, 0) is 44.2 Å². The standard InChI is InChI=1S/C23H18ClN3O4S2/c1-23(2,30)18-6-11-9-25-10-16(19(11)33-18)27-21(28)20-15(26-22(27)29)8-17(32-20)13-7-12(31-3)4-5-14(13)24/h4-10,30H,1-3H3,(H,26,29). The normalized spacial score (nSPS) is 12.0. The maximum absolute atomic E-state index is 13.5. The minimum atomic E-state index is -1.05. The molecular formula is C23H18ClN3O4S2. The topological polar surface area (TPSA) is 97.2 Å². The first-order chi connectivity index (χ1) is 15.7. The lowest BCUT2D eigenvalue weighted by Gasteiger charge is -2.13. The summed E-state index contributed by atoms with van der Waals surface area (Å²) in [6.07, 6.45) is 3.14. The van der Waals surface area contributed by atoms with Crippen LogP contribution < -0.4 is 16.0 Å². The zero-order valence-corrected chi connectivity index (χ0v) is 20.2. The van der Waals surface area contributed by atoms with Crippen LogP contribution >= 0.6 is 34.3 Å². The van der Waals surface area contributed by atoms with E-state index in [-0.39, 0.29) is 0 Å². The Balaban J connectivity index is 1.74. The summed E-state index contributed by atoms with van der Waals surface area (Å²) in [6, 6.07) is 8.83. The zero-order chi connectivity index (χ0) is 23.5. The number of nitrogens with zero attached hydrogens (tertiary/aromatic N) is 2. The highest BCUT2D eigenvalue weighted by Gasteiger charge is 2.22. The van der Waals surface area contributed by atoms with Crippen LogP contribution in [-0.2, 0) is 5.60 Å². The number of methoxy groups -OCH3 is 1. The molecule has 0 amide bonds. The molecular weight excluding hydrogens is 482 g/mol. The average molecular weight is 500 g/mol. The molecule has 4 heterocycles. The van der Waals surface area contributed by atoms with Gasteiger partial charge in [0.25, 0.3) is 5.56 Å². The van der Waals surface area contributed by atoms with Crippen LogP contribution in [0.5, 0.6) is 5.75 Å². The first kappa shape index (κ1) is 21.8. The summed E-state index contributed by atoms with van der Waals surface area (Å²) < 4.78 is 7.47. The van der Waals surface area contributed by atoms with E-state index >= 15 is 0 Å². The van der Waals surface area contributed by atoms with Crippen molar-refractivity contribution in [2.24, 2.45) is 0 Å². The van der Waals surface area contributed by atoms with E-state index in [2.05, 4.69) is 9.97 Å². The molecule has 4 aromatic heterocycles. The number of halogens is 1. The van der Waals surface area contributed by atoms with Crippen LogP contribution in [0.1, 0.15) is 18.7 Å². The number of nitrogens with one attached hydrogen (secondary N) is 1. The summed E-state index contributed by atoms with van der Waals surface area (Å²) in [6.45, 7) is 3.37. The summed E-state index contributed by atoms with van der Waals surface area (Å²) >= 11 is 8.95. The first-order valence-corrected chi connectivity index (χ1v) is 11.9. The van der Waals surface area contributed by atoms with Crippen LogP contribution in [0.25, 0.3) is 36.4 Å². The highest BCUT2D eigenvalue weighted by atomic mass is 35.5. The summed E-state index contributed by atoms with van der Waals surface area (Å²) in [5, 5.41) is 11.7. The van der Waals surface area contributed by atoms with E-state index in [0.717, 1.165) is 14.8 Å². The first-order valence-electron chi connectivity index (χ1n) is 9.91. The number of benzene rings is 1. The van der Waals surface area contributed by atoms with Gasteiger partial charge >= 0.3 is 5.69 Å². The van der Waals surface area contributed by atoms with Gasteiger partial charge in [-0.3, -0.25) is 9.78 Å². The number of thiophene rings is 2. The van der Waals surface area contributed by atoms with Gasteiger partial charge < -0.3 is 14.8 Å². The van der Waals surface area contributed by atoms with Gasteiger partial charge in [0, 0.05) is 31.9 Å². The molecule has 5 aromatic rings. The van der Waals surface area contributed by atoms with Crippen molar-refractivity contribution in [2.45, 2.75) is 19.4 Å². The Bertz CT molecular complexity index is 1660. The fourth-order valence-corrected chi connectivity index (χ4v) is 6.07. The molecule has 0 aliphatic heterocycles. The van der Waals surface area contributed by atoms with Crippen molar-refractivity contribution >= 4 is 54.6 Å². The van der Waals surface area contributed by atoms with E-state index in [1.54, 1.807) is 51.4 Å². The second-order valence-corrected chi connectivity index (χ2v) is 10.5. The van der Waals surface area contributed by atoms with E-state index in [1.165, 1.54) is 28.9 Å². The van der Waals surface area contributed by atoms with E-state index < -0.39 is 16.9 Å². The maximum Gasteiger partial charge on any atom is 0.333 e. The average Bonchev–Trinajstić information content (AvgIpc) is 3.39. The summed E-state index contributed by atoms with van der Waals surface area (Å²) in [7, 11) is 1.57. The van der Waals surface area contributed by atoms with Gasteiger partial charge in [0.1, 0.15) is 10.4 Å². The number of hydrogen-bond acceptors (Lipinski definition) is 7. The van der Waals surface area contributed by atoms with Crippen LogP contribution in [0.4, 0.5) is 0 Å². The van der Waals surface area contributed by atoms with Crippen LogP contribution in [0.15, 0.2) is 52.3 Å². The van der Waals surface area contributed by atoms with Gasteiger partial charge in [0.15, 0.2) is 0 Å². The molecule has 0 aliphatic rings. The Hall–Kier alpha value is -2.98. The largest absolute Gasteiger partial charge is 0.497 e. The zero-order valence-electron chi connectivity index (χ0n) is 17.8. The van der Waals surface area contributed by atoms with E-state index in [9.17, 15) is 14.7 Å².